The molecular weight excluding hydrogens is 360 g/mol. The summed E-state index contributed by atoms with van der Waals surface area (Å²) in [7, 11) is 0. The van der Waals surface area contributed by atoms with E-state index in [-0.39, 0.29) is 12.3 Å². The molecule has 1 aliphatic heterocycles. The molecule has 0 unspecified atom stereocenters. The van der Waals surface area contributed by atoms with Crippen molar-refractivity contribution in [3.8, 4) is 0 Å². The molecule has 2 aromatic heterocycles. The smallest absolute Gasteiger partial charge is 0.318 e. The molecule has 28 heavy (non-hydrogen) atoms. The van der Waals surface area contributed by atoms with Gasteiger partial charge in [-0.25, -0.2) is 9.97 Å². The Hall–Kier alpha value is -3.49. The van der Waals surface area contributed by atoms with Crippen LogP contribution >= 0.6 is 0 Å². The number of rotatable bonds is 5. The number of nitrogens with zero attached hydrogens (tertiary/aromatic N) is 5. The van der Waals surface area contributed by atoms with Gasteiger partial charge in [0.05, 0.1) is 18.8 Å². The largest absolute Gasteiger partial charge is 0.481 e. The summed E-state index contributed by atoms with van der Waals surface area (Å²) in [5.74, 6) is -0.293. The summed E-state index contributed by atoms with van der Waals surface area (Å²) < 4.78 is 5.44. The van der Waals surface area contributed by atoms with Gasteiger partial charge in [0.15, 0.2) is 0 Å². The van der Waals surface area contributed by atoms with Gasteiger partial charge in [-0.1, -0.05) is 29.4 Å². The fourth-order valence-electron chi connectivity index (χ4n) is 3.78. The van der Waals surface area contributed by atoms with Crippen LogP contribution in [0.2, 0.25) is 0 Å². The summed E-state index contributed by atoms with van der Waals surface area (Å²) in [6.07, 6.45) is 3.47. The number of aromatic nitrogens is 4. The van der Waals surface area contributed by atoms with Gasteiger partial charge in [0.2, 0.25) is 11.8 Å². The average Bonchev–Trinajstić information content (AvgIpc) is 3.37. The van der Waals surface area contributed by atoms with Gasteiger partial charge in [0.25, 0.3) is 0 Å². The van der Waals surface area contributed by atoms with Crippen LogP contribution in [0.5, 0.6) is 0 Å². The molecule has 3 heterocycles. The molecule has 0 fully saturated rings. The van der Waals surface area contributed by atoms with Crippen LogP contribution in [-0.2, 0) is 37.1 Å². The van der Waals surface area contributed by atoms with E-state index < -0.39 is 5.97 Å². The maximum Gasteiger partial charge on any atom is 0.318 e. The normalized spacial score (nSPS) is 15.5. The van der Waals surface area contributed by atoms with Crippen molar-refractivity contribution in [1.82, 2.24) is 20.2 Å². The van der Waals surface area contributed by atoms with E-state index in [1.807, 2.05) is 11.1 Å². The Morgan fingerprint density at radius 3 is 2.71 bits per heavy atom. The van der Waals surface area contributed by atoms with Gasteiger partial charge in [0.1, 0.15) is 6.42 Å². The second-order valence-electron chi connectivity index (χ2n) is 7.09. The van der Waals surface area contributed by atoms with Crippen LogP contribution in [0.4, 0.5) is 12.0 Å². The van der Waals surface area contributed by atoms with E-state index in [1.54, 1.807) is 0 Å². The Balaban J connectivity index is 1.26. The van der Waals surface area contributed by atoms with Crippen LogP contribution < -0.4 is 10.2 Å². The molecule has 0 saturated heterocycles. The van der Waals surface area contributed by atoms with Crippen molar-refractivity contribution < 1.29 is 14.3 Å². The summed E-state index contributed by atoms with van der Waals surface area (Å²) >= 11 is 0. The summed E-state index contributed by atoms with van der Waals surface area (Å²) in [6, 6.07) is 9.07. The number of hydrogen-bond acceptors (Lipinski definition) is 8. The minimum atomic E-state index is -1.00. The highest BCUT2D eigenvalue weighted by Crippen LogP contribution is 2.28. The van der Waals surface area contributed by atoms with E-state index >= 15 is 0 Å². The molecule has 3 aromatic rings. The summed E-state index contributed by atoms with van der Waals surface area (Å²) in [6.45, 7) is 1.07. The molecule has 1 aliphatic carbocycles. The van der Waals surface area contributed by atoms with Gasteiger partial charge >= 0.3 is 12.0 Å². The minimum Gasteiger partial charge on any atom is -0.481 e. The highest BCUT2D eigenvalue weighted by molar-refractivity contribution is 5.68. The molecule has 0 spiro atoms. The Labute approximate surface area is 160 Å². The zero-order chi connectivity index (χ0) is 19.1. The molecule has 0 radical (unpaired) electrons. The first-order chi connectivity index (χ1) is 13.6. The Morgan fingerprint density at radius 2 is 1.96 bits per heavy atom. The number of fused-ring (bicyclic) bond motifs is 2. The summed E-state index contributed by atoms with van der Waals surface area (Å²) in [4.78, 5) is 21.7. The van der Waals surface area contributed by atoms with Crippen molar-refractivity contribution in [1.29, 1.82) is 0 Å². The molecular formula is C19H18N6O3. The third-order valence-electron chi connectivity index (χ3n) is 5.07. The molecule has 5 rings (SSSR count). The van der Waals surface area contributed by atoms with E-state index in [1.165, 1.54) is 11.1 Å². The highest BCUT2D eigenvalue weighted by atomic mass is 16.4. The quantitative estimate of drug-likeness (QED) is 0.682. The second-order valence-corrected chi connectivity index (χ2v) is 7.09. The highest BCUT2D eigenvalue weighted by Gasteiger charge is 2.27. The van der Waals surface area contributed by atoms with Gasteiger partial charge in [-0.15, -0.1) is 5.10 Å². The Morgan fingerprint density at radius 1 is 1.18 bits per heavy atom. The molecule has 0 saturated carbocycles. The van der Waals surface area contributed by atoms with Crippen LogP contribution in [-0.4, -0.2) is 37.3 Å². The molecule has 142 valence electrons. The van der Waals surface area contributed by atoms with Crippen LogP contribution in [0.25, 0.3) is 0 Å². The van der Waals surface area contributed by atoms with Crippen molar-refractivity contribution in [2.45, 2.75) is 38.4 Å². The Kier molecular flexibility index (Phi) is 3.92. The SMILES string of the molecule is O=C(O)Cc1nnc(N2Cc3cnc(NC4Cc5ccccc5C4)nc3C2)o1. The topological polar surface area (TPSA) is 117 Å². The van der Waals surface area contributed by atoms with Gasteiger partial charge in [-0.3, -0.25) is 4.79 Å². The van der Waals surface area contributed by atoms with Crippen LogP contribution in [0.3, 0.4) is 0 Å². The molecule has 0 atom stereocenters. The first-order valence-electron chi connectivity index (χ1n) is 9.11. The van der Waals surface area contributed by atoms with Crippen molar-refractivity contribution in [3.05, 3.63) is 58.7 Å². The number of carboxylic acid groups (broad SMARTS) is 1. The number of aliphatic carboxylic acids is 1. The lowest BCUT2D eigenvalue weighted by Gasteiger charge is -2.12. The van der Waals surface area contributed by atoms with Crippen LogP contribution in [0.1, 0.15) is 28.3 Å². The molecule has 1 aromatic carbocycles. The van der Waals surface area contributed by atoms with Gasteiger partial charge in [-0.05, 0) is 24.0 Å². The lowest BCUT2D eigenvalue weighted by atomic mass is 10.1. The third kappa shape index (κ3) is 3.15. The maximum absolute atomic E-state index is 10.8. The van der Waals surface area contributed by atoms with E-state index in [0.29, 0.717) is 31.1 Å². The lowest BCUT2D eigenvalue weighted by molar-refractivity contribution is -0.136. The van der Waals surface area contributed by atoms with Gasteiger partial charge in [-0.2, -0.15) is 0 Å². The lowest BCUT2D eigenvalue weighted by Crippen LogP contribution is -2.21. The predicted molar refractivity (Wildman–Crippen MR) is 98.8 cm³/mol. The van der Waals surface area contributed by atoms with E-state index in [0.717, 1.165) is 24.1 Å². The minimum absolute atomic E-state index is 0.0905. The molecule has 0 bridgehead atoms. The van der Waals surface area contributed by atoms with Crippen LogP contribution in [0.15, 0.2) is 34.9 Å². The first kappa shape index (κ1) is 16.7. The zero-order valence-electron chi connectivity index (χ0n) is 15.0. The second kappa shape index (κ2) is 6.59. The van der Waals surface area contributed by atoms with Crippen molar-refractivity contribution >= 4 is 17.9 Å². The number of nitrogens with one attached hydrogen (secondary N) is 1. The van der Waals surface area contributed by atoms with E-state index in [9.17, 15) is 4.79 Å². The van der Waals surface area contributed by atoms with E-state index in [2.05, 4.69) is 49.7 Å². The van der Waals surface area contributed by atoms with Crippen molar-refractivity contribution in [3.63, 3.8) is 0 Å². The van der Waals surface area contributed by atoms with Gasteiger partial charge < -0.3 is 19.7 Å². The van der Waals surface area contributed by atoms with Crippen LogP contribution in [0, 0.1) is 0 Å². The van der Waals surface area contributed by atoms with Gasteiger partial charge in [0, 0.05) is 17.8 Å². The molecule has 9 heteroatoms. The number of carboxylic acids is 1. The number of anilines is 2. The number of hydrogen-bond donors (Lipinski definition) is 2. The monoisotopic (exact) mass is 378 g/mol. The van der Waals surface area contributed by atoms with E-state index in [4.69, 9.17) is 9.52 Å². The first-order valence-corrected chi connectivity index (χ1v) is 9.11. The van der Waals surface area contributed by atoms with Crippen molar-refractivity contribution in [2.75, 3.05) is 10.2 Å². The number of benzene rings is 1. The fraction of sp³-hybridized carbons (Fsp3) is 0.316. The third-order valence-corrected chi connectivity index (χ3v) is 5.07. The predicted octanol–water partition coefficient (Wildman–Crippen LogP) is 1.59. The Bertz CT molecular complexity index is 1020. The maximum atomic E-state index is 10.8. The molecule has 9 nitrogen and oxygen atoms in total. The fourth-order valence-corrected chi connectivity index (χ4v) is 3.78. The summed E-state index contributed by atoms with van der Waals surface area (Å²) in [5, 5.41) is 20.0. The number of carbonyl (C=O) groups is 1. The molecule has 2 N–H and O–H groups in total. The standard InChI is InChI=1S/C19H18N6O3/c26-17(27)7-16-23-24-19(28-16)25-9-13-8-20-18(22-15(13)10-25)21-14-5-11-3-1-2-4-12(11)6-14/h1-4,8,14H,5-7,9-10H2,(H,26,27)(H,20,21,22). The zero-order valence-corrected chi connectivity index (χ0v) is 15.0. The summed E-state index contributed by atoms with van der Waals surface area (Å²) in [5.41, 5.74) is 4.66. The average molecular weight is 378 g/mol. The molecule has 0 amide bonds. The molecule has 2 aliphatic rings. The van der Waals surface area contributed by atoms with Crippen molar-refractivity contribution in [2.24, 2.45) is 0 Å².